The molecule has 3 heterocycles. The van der Waals surface area contributed by atoms with Crippen LogP contribution >= 0.6 is 0 Å². The Bertz CT molecular complexity index is 1340. The molecule has 2 N–H and O–H groups in total. The Morgan fingerprint density at radius 3 is 2.65 bits per heavy atom. The largest absolute Gasteiger partial charge is 0.366 e. The third-order valence-electron chi connectivity index (χ3n) is 4.51. The van der Waals surface area contributed by atoms with Gasteiger partial charge in [0.1, 0.15) is 11.6 Å². The van der Waals surface area contributed by atoms with Crippen LogP contribution in [0, 0.1) is 11.6 Å². The van der Waals surface area contributed by atoms with Crippen LogP contribution in [-0.4, -0.2) is 46.6 Å². The second kappa shape index (κ2) is 7.87. The summed E-state index contributed by atoms with van der Waals surface area (Å²) in [5.41, 5.74) is 1.21. The van der Waals surface area contributed by atoms with Crippen molar-refractivity contribution in [2.75, 3.05) is 22.9 Å². The van der Waals surface area contributed by atoms with Gasteiger partial charge in [-0.1, -0.05) is 6.07 Å². The van der Waals surface area contributed by atoms with Crippen molar-refractivity contribution in [3.05, 3.63) is 59.9 Å². The Labute approximate surface area is 176 Å². The molecule has 4 rings (SSSR count). The predicted molar refractivity (Wildman–Crippen MR) is 112 cm³/mol. The van der Waals surface area contributed by atoms with Crippen molar-refractivity contribution < 1.29 is 17.2 Å². The number of H-pyrrole nitrogens is 1. The molecule has 9 nitrogen and oxygen atoms in total. The van der Waals surface area contributed by atoms with Crippen LogP contribution in [0.1, 0.15) is 5.56 Å². The van der Waals surface area contributed by atoms with E-state index in [2.05, 4.69) is 30.2 Å². The number of rotatable bonds is 6. The van der Waals surface area contributed by atoms with Crippen molar-refractivity contribution in [3.8, 4) is 11.6 Å². The van der Waals surface area contributed by atoms with Gasteiger partial charge >= 0.3 is 0 Å². The number of nitrogens with zero attached hydrogens (tertiary/aromatic N) is 5. The molecule has 0 aliphatic heterocycles. The summed E-state index contributed by atoms with van der Waals surface area (Å²) >= 11 is 0. The molecule has 4 aromatic rings. The fourth-order valence-corrected chi connectivity index (χ4v) is 3.36. The molecule has 0 fully saturated rings. The minimum atomic E-state index is -3.47. The highest BCUT2D eigenvalue weighted by molar-refractivity contribution is 7.92. The van der Waals surface area contributed by atoms with Gasteiger partial charge in [0.2, 0.25) is 10.0 Å². The summed E-state index contributed by atoms with van der Waals surface area (Å²) < 4.78 is 51.7. The van der Waals surface area contributed by atoms with Crippen molar-refractivity contribution in [3.63, 3.8) is 0 Å². The number of halogens is 2. The maximum absolute atomic E-state index is 13.4. The van der Waals surface area contributed by atoms with E-state index < -0.39 is 21.7 Å². The maximum Gasteiger partial charge on any atom is 0.233 e. The molecular formula is C19H17F2N7O2S. The van der Waals surface area contributed by atoms with Gasteiger partial charge < -0.3 is 10.3 Å². The lowest BCUT2D eigenvalue weighted by Gasteiger charge is -2.19. The molecule has 0 amide bonds. The number of benzene rings is 1. The van der Waals surface area contributed by atoms with Crippen LogP contribution < -0.4 is 9.62 Å². The second-order valence-electron chi connectivity index (χ2n) is 6.70. The highest BCUT2D eigenvalue weighted by Gasteiger charge is 2.17. The molecule has 0 spiro atoms. The van der Waals surface area contributed by atoms with Crippen LogP contribution in [0.25, 0.3) is 22.7 Å². The zero-order valence-electron chi connectivity index (χ0n) is 16.5. The Balaban J connectivity index is 1.58. The molecule has 0 saturated heterocycles. The quantitative estimate of drug-likeness (QED) is 0.469. The highest BCUT2D eigenvalue weighted by atomic mass is 32.2. The van der Waals surface area contributed by atoms with Gasteiger partial charge in [0.05, 0.1) is 17.3 Å². The molecule has 3 aromatic heterocycles. The van der Waals surface area contributed by atoms with Crippen LogP contribution in [0.3, 0.4) is 0 Å². The minimum Gasteiger partial charge on any atom is -0.366 e. The van der Waals surface area contributed by atoms with Gasteiger partial charge in [-0.3, -0.25) is 4.31 Å². The summed E-state index contributed by atoms with van der Waals surface area (Å²) in [7, 11) is -2.04. The summed E-state index contributed by atoms with van der Waals surface area (Å²) in [6.07, 6.45) is 4.11. The van der Waals surface area contributed by atoms with E-state index in [0.29, 0.717) is 22.7 Å². The van der Waals surface area contributed by atoms with E-state index in [1.54, 1.807) is 18.2 Å². The van der Waals surface area contributed by atoms with Crippen molar-refractivity contribution in [1.29, 1.82) is 0 Å². The SMILES string of the molecule is CN(c1ncccc1CNc1ccnc(-c2nc3cc(F)c(F)cc3[nH]2)n1)S(C)(=O)=O. The van der Waals surface area contributed by atoms with E-state index in [9.17, 15) is 17.2 Å². The first-order chi connectivity index (χ1) is 14.7. The fraction of sp³-hybridized carbons (Fsp3) is 0.158. The first-order valence-electron chi connectivity index (χ1n) is 9.02. The van der Waals surface area contributed by atoms with Crippen LogP contribution in [0.2, 0.25) is 0 Å². The first-order valence-corrected chi connectivity index (χ1v) is 10.9. The molecule has 31 heavy (non-hydrogen) atoms. The molecule has 0 aliphatic rings. The minimum absolute atomic E-state index is 0.224. The topological polar surface area (TPSA) is 117 Å². The zero-order chi connectivity index (χ0) is 22.2. The standard InChI is InChI=1S/C19H17F2N7O2S/c1-28(31(2,29)30)19-11(4-3-6-23-19)10-24-16-5-7-22-17(27-16)18-25-14-8-12(20)13(21)9-15(14)26-18/h3-9H,10H2,1-2H3,(H,25,26)(H,22,24,27). The highest BCUT2D eigenvalue weighted by Crippen LogP contribution is 2.22. The molecule has 0 atom stereocenters. The molecule has 160 valence electrons. The Kier molecular flexibility index (Phi) is 5.23. The molecule has 12 heteroatoms. The maximum atomic E-state index is 13.4. The zero-order valence-corrected chi connectivity index (χ0v) is 17.3. The number of sulfonamides is 1. The van der Waals surface area contributed by atoms with Crippen molar-refractivity contribution >= 4 is 32.7 Å². The summed E-state index contributed by atoms with van der Waals surface area (Å²) in [6.45, 7) is 0.246. The molecule has 0 saturated carbocycles. The van der Waals surface area contributed by atoms with Gasteiger partial charge in [0, 0.05) is 43.7 Å². The number of imidazole rings is 1. The average Bonchev–Trinajstić information content (AvgIpc) is 3.14. The van der Waals surface area contributed by atoms with Crippen LogP contribution in [0.15, 0.2) is 42.7 Å². The van der Waals surface area contributed by atoms with Gasteiger partial charge in [0.25, 0.3) is 0 Å². The van der Waals surface area contributed by atoms with Crippen LogP contribution in [-0.2, 0) is 16.6 Å². The van der Waals surface area contributed by atoms with Crippen molar-refractivity contribution in [2.45, 2.75) is 6.54 Å². The molecule has 0 bridgehead atoms. The van der Waals surface area contributed by atoms with Gasteiger partial charge in [-0.15, -0.1) is 0 Å². The molecule has 0 aliphatic carbocycles. The third-order valence-corrected chi connectivity index (χ3v) is 5.68. The Hall–Kier alpha value is -3.67. The summed E-state index contributed by atoms with van der Waals surface area (Å²) in [5, 5.41) is 3.10. The average molecular weight is 445 g/mol. The number of anilines is 2. The number of hydrogen-bond acceptors (Lipinski definition) is 7. The van der Waals surface area contributed by atoms with Crippen LogP contribution in [0.5, 0.6) is 0 Å². The summed E-state index contributed by atoms with van der Waals surface area (Å²) in [4.78, 5) is 19.8. The number of nitrogens with one attached hydrogen (secondary N) is 2. The van der Waals surface area contributed by atoms with E-state index in [1.807, 2.05) is 0 Å². The number of pyridine rings is 1. The summed E-state index contributed by atoms with van der Waals surface area (Å²) in [6, 6.07) is 7.10. The number of hydrogen-bond donors (Lipinski definition) is 2. The Morgan fingerprint density at radius 1 is 1.10 bits per heavy atom. The lowest BCUT2D eigenvalue weighted by Crippen LogP contribution is -2.27. The number of aromatic amines is 1. The normalized spacial score (nSPS) is 11.6. The van der Waals surface area contributed by atoms with Gasteiger partial charge in [-0.05, 0) is 12.1 Å². The van der Waals surface area contributed by atoms with E-state index in [4.69, 9.17) is 0 Å². The van der Waals surface area contributed by atoms with Gasteiger partial charge in [0.15, 0.2) is 23.3 Å². The molecule has 1 aromatic carbocycles. The molecular weight excluding hydrogens is 428 g/mol. The molecule has 0 unspecified atom stereocenters. The first kappa shape index (κ1) is 20.6. The van der Waals surface area contributed by atoms with Crippen LogP contribution in [0.4, 0.5) is 20.4 Å². The fourth-order valence-electron chi connectivity index (χ4n) is 2.88. The van der Waals surface area contributed by atoms with Gasteiger partial charge in [-0.2, -0.15) is 0 Å². The van der Waals surface area contributed by atoms with Crippen molar-refractivity contribution in [2.24, 2.45) is 0 Å². The predicted octanol–water partition coefficient (Wildman–Crippen LogP) is 2.70. The number of aromatic nitrogens is 5. The van der Waals surface area contributed by atoms with E-state index >= 15 is 0 Å². The lowest BCUT2D eigenvalue weighted by molar-refractivity contribution is 0.510. The van der Waals surface area contributed by atoms with E-state index in [1.165, 1.54) is 19.4 Å². The van der Waals surface area contributed by atoms with Crippen molar-refractivity contribution in [1.82, 2.24) is 24.9 Å². The monoisotopic (exact) mass is 445 g/mol. The van der Waals surface area contributed by atoms with E-state index in [-0.39, 0.29) is 23.7 Å². The lowest BCUT2D eigenvalue weighted by atomic mass is 10.2. The second-order valence-corrected chi connectivity index (χ2v) is 8.72. The third kappa shape index (κ3) is 4.28. The number of fused-ring (bicyclic) bond motifs is 1. The Morgan fingerprint density at radius 2 is 1.87 bits per heavy atom. The summed E-state index contributed by atoms with van der Waals surface area (Å²) in [5.74, 6) is -0.754. The van der Waals surface area contributed by atoms with Gasteiger partial charge in [-0.25, -0.2) is 37.1 Å². The smallest absolute Gasteiger partial charge is 0.233 e. The van der Waals surface area contributed by atoms with E-state index in [0.717, 1.165) is 22.7 Å². The molecule has 0 radical (unpaired) electrons.